The molecule has 53 heavy (non-hydrogen) atoms. The van der Waals surface area contributed by atoms with Crippen molar-refractivity contribution in [2.24, 2.45) is 0 Å². The normalized spacial score (nSPS) is 16.8. The lowest BCUT2D eigenvalue weighted by Crippen LogP contribution is -2.47. The molecule has 266 valence electrons. The monoisotopic (exact) mass is 740 g/mol. The molecule has 2 aliphatic heterocycles. The van der Waals surface area contributed by atoms with Gasteiger partial charge in [-0.3, -0.25) is 4.79 Å². The summed E-state index contributed by atoms with van der Waals surface area (Å²) in [5, 5.41) is 6.74. The molecule has 6 aromatic carbocycles. The maximum absolute atomic E-state index is 13.3. The third-order valence-corrected chi connectivity index (χ3v) is 15.0. The fourth-order valence-corrected chi connectivity index (χ4v) is 12.6. The molecule has 0 radical (unpaired) electrons. The molecule has 0 saturated heterocycles. The van der Waals surface area contributed by atoms with Crippen LogP contribution >= 0.6 is 15.8 Å². The van der Waals surface area contributed by atoms with Crippen LogP contribution in [0, 0.1) is 0 Å². The Kier molecular flexibility index (Phi) is 9.55. The van der Waals surface area contributed by atoms with Gasteiger partial charge in [0.2, 0.25) is 0 Å². The second kappa shape index (κ2) is 14.6. The number of carbonyl (C=O) groups is 1. The second-order valence-corrected chi connectivity index (χ2v) is 17.1. The molecule has 2 atom stereocenters. The third kappa shape index (κ3) is 5.99. The summed E-state index contributed by atoms with van der Waals surface area (Å²) in [4.78, 5) is 13.3. The van der Waals surface area contributed by atoms with Crippen molar-refractivity contribution in [2.45, 2.75) is 11.5 Å². The Bertz CT molecular complexity index is 2030. The van der Waals surface area contributed by atoms with E-state index in [4.69, 9.17) is 28.4 Å². The summed E-state index contributed by atoms with van der Waals surface area (Å²) >= 11 is 0. The van der Waals surface area contributed by atoms with Crippen LogP contribution < -0.4 is 60.2 Å². The van der Waals surface area contributed by atoms with E-state index < -0.39 is 27.4 Å². The van der Waals surface area contributed by atoms with E-state index in [2.05, 4.69) is 66.7 Å². The zero-order valence-corrected chi connectivity index (χ0v) is 31.6. The maximum Gasteiger partial charge on any atom is 0.171 e. The SMILES string of the molecule is COc1ccc(P(c2ccc(OC)cc2)c2cccc3c2C2(CO3)c3c(cccc3P(c3ccc(OC)cc3)c3ccc(OC)cc3)O[C@@H]2C=O)cc1. The lowest BCUT2D eigenvalue weighted by atomic mass is 9.73. The van der Waals surface area contributed by atoms with Gasteiger partial charge in [-0.15, -0.1) is 0 Å². The Balaban J connectivity index is 1.38. The van der Waals surface area contributed by atoms with Crippen LogP contribution in [0.25, 0.3) is 0 Å². The quantitative estimate of drug-likeness (QED) is 0.122. The minimum absolute atomic E-state index is 0.259. The van der Waals surface area contributed by atoms with E-state index in [9.17, 15) is 4.79 Å². The van der Waals surface area contributed by atoms with E-state index in [-0.39, 0.29) is 6.61 Å². The standard InChI is InChI=1S/C44H38O7P2/c1-46-29-11-19-33(20-12-29)52(34-21-13-30(47-2)14-22-34)39-9-5-7-37-42(39)44(28-50-37)41(27-45)51-38-8-6-10-40(43(38)44)53(35-23-15-31(48-3)16-24-35)36-25-17-32(49-4)18-26-36/h5-27,41H,28H2,1-4H3/t41-,44?/m1/s1. The minimum Gasteiger partial charge on any atom is -0.497 e. The average molecular weight is 741 g/mol. The Morgan fingerprint density at radius 2 is 0.887 bits per heavy atom. The summed E-state index contributed by atoms with van der Waals surface area (Å²) in [7, 11) is 4.40. The van der Waals surface area contributed by atoms with Gasteiger partial charge < -0.3 is 28.4 Å². The van der Waals surface area contributed by atoms with Gasteiger partial charge in [0.25, 0.3) is 0 Å². The maximum atomic E-state index is 13.3. The van der Waals surface area contributed by atoms with Crippen molar-refractivity contribution in [3.8, 4) is 34.5 Å². The molecule has 2 heterocycles. The Morgan fingerprint density at radius 3 is 1.25 bits per heavy atom. The minimum atomic E-state index is -1.15. The van der Waals surface area contributed by atoms with Crippen molar-refractivity contribution in [1.29, 1.82) is 0 Å². The molecule has 0 aromatic heterocycles. The van der Waals surface area contributed by atoms with Crippen LogP contribution in [0.1, 0.15) is 11.1 Å². The largest absolute Gasteiger partial charge is 0.497 e. The first kappa shape index (κ1) is 34.7. The summed E-state index contributed by atoms with van der Waals surface area (Å²) in [6.45, 7) is 0.259. The highest BCUT2D eigenvalue weighted by Gasteiger charge is 2.58. The zero-order chi connectivity index (χ0) is 36.5. The lowest BCUT2D eigenvalue weighted by Gasteiger charge is -2.33. The van der Waals surface area contributed by atoms with Crippen molar-refractivity contribution >= 4 is 54.0 Å². The molecule has 0 fully saturated rings. The van der Waals surface area contributed by atoms with Gasteiger partial charge in [0, 0.05) is 11.1 Å². The van der Waals surface area contributed by atoms with Crippen molar-refractivity contribution in [2.75, 3.05) is 35.0 Å². The van der Waals surface area contributed by atoms with Crippen LogP contribution in [-0.4, -0.2) is 47.4 Å². The van der Waals surface area contributed by atoms with Gasteiger partial charge in [0.1, 0.15) is 46.5 Å². The van der Waals surface area contributed by atoms with Crippen LogP contribution in [0.4, 0.5) is 0 Å². The fraction of sp³-hybridized carbons (Fsp3) is 0.159. The van der Waals surface area contributed by atoms with Crippen LogP contribution in [0.5, 0.6) is 34.5 Å². The van der Waals surface area contributed by atoms with Crippen molar-refractivity contribution in [1.82, 2.24) is 0 Å². The second-order valence-electron chi connectivity index (χ2n) is 12.7. The summed E-state index contributed by atoms with van der Waals surface area (Å²) in [5.74, 6) is 4.58. The van der Waals surface area contributed by atoms with E-state index in [1.165, 1.54) is 0 Å². The van der Waals surface area contributed by atoms with E-state index in [1.807, 2.05) is 66.7 Å². The van der Waals surface area contributed by atoms with Crippen molar-refractivity contribution < 1.29 is 33.2 Å². The Labute approximate surface area is 311 Å². The number of ether oxygens (including phenoxy) is 6. The number of hydrogen-bond donors (Lipinski definition) is 0. The van der Waals surface area contributed by atoms with Crippen LogP contribution in [0.15, 0.2) is 133 Å². The molecule has 0 bridgehead atoms. The smallest absolute Gasteiger partial charge is 0.171 e. The topological polar surface area (TPSA) is 72.5 Å². The fourth-order valence-electron chi connectivity index (χ4n) is 7.52. The van der Waals surface area contributed by atoms with Gasteiger partial charge >= 0.3 is 0 Å². The van der Waals surface area contributed by atoms with E-state index in [0.29, 0.717) is 5.75 Å². The summed E-state index contributed by atoms with van der Waals surface area (Å²) in [6.07, 6.45) is 0.138. The predicted octanol–water partition coefficient (Wildman–Crippen LogP) is 5.88. The molecule has 1 spiro atoms. The summed E-state index contributed by atoms with van der Waals surface area (Å²) < 4.78 is 35.5. The molecule has 1 unspecified atom stereocenters. The van der Waals surface area contributed by atoms with E-state index in [1.54, 1.807) is 28.4 Å². The van der Waals surface area contributed by atoms with Gasteiger partial charge in [-0.25, -0.2) is 0 Å². The van der Waals surface area contributed by atoms with Gasteiger partial charge in [-0.05, 0) is 108 Å². The first-order valence-corrected chi connectivity index (χ1v) is 19.9. The molecule has 8 rings (SSSR count). The van der Waals surface area contributed by atoms with Crippen LogP contribution in [0.2, 0.25) is 0 Å². The highest BCUT2D eigenvalue weighted by atomic mass is 31.1. The van der Waals surface area contributed by atoms with Crippen molar-refractivity contribution in [3.05, 3.63) is 145 Å². The number of methoxy groups -OCH3 is 4. The average Bonchev–Trinajstić information content (AvgIpc) is 3.78. The van der Waals surface area contributed by atoms with Gasteiger partial charge in [0.05, 0.1) is 28.4 Å². The molecular formula is C44H38O7P2. The highest BCUT2D eigenvalue weighted by molar-refractivity contribution is 7.80. The first-order valence-electron chi connectivity index (χ1n) is 17.2. The number of benzene rings is 6. The molecule has 6 aromatic rings. The molecule has 7 nitrogen and oxygen atoms in total. The van der Waals surface area contributed by atoms with Gasteiger partial charge in [0.15, 0.2) is 12.4 Å². The number of aldehydes is 1. The van der Waals surface area contributed by atoms with Crippen LogP contribution in [-0.2, 0) is 10.2 Å². The summed E-state index contributed by atoms with van der Waals surface area (Å²) in [6, 6.07) is 45.5. The molecule has 0 amide bonds. The molecular weight excluding hydrogens is 702 g/mol. The summed E-state index contributed by atoms with van der Waals surface area (Å²) in [5.41, 5.74) is 1.06. The lowest BCUT2D eigenvalue weighted by molar-refractivity contribution is -0.115. The number of fused-ring (bicyclic) bond motifs is 4. The molecule has 2 aliphatic rings. The zero-order valence-electron chi connectivity index (χ0n) is 29.8. The Morgan fingerprint density at radius 1 is 0.528 bits per heavy atom. The Hall–Kier alpha value is -5.35. The van der Waals surface area contributed by atoms with Crippen LogP contribution in [0.3, 0.4) is 0 Å². The molecule has 0 N–H and O–H groups in total. The number of carbonyl (C=O) groups excluding carboxylic acids is 1. The van der Waals surface area contributed by atoms with Gasteiger partial charge in [-0.2, -0.15) is 0 Å². The van der Waals surface area contributed by atoms with E-state index >= 15 is 0 Å². The molecule has 9 heteroatoms. The molecule has 0 saturated carbocycles. The van der Waals surface area contributed by atoms with Gasteiger partial charge in [-0.1, -0.05) is 72.8 Å². The molecule has 0 aliphatic carbocycles. The first-order chi connectivity index (χ1) is 26.0. The third-order valence-electron chi connectivity index (χ3n) is 10.0. The highest BCUT2D eigenvalue weighted by Crippen LogP contribution is 2.56. The van der Waals surface area contributed by atoms with Crippen molar-refractivity contribution in [3.63, 3.8) is 0 Å². The number of hydrogen-bond acceptors (Lipinski definition) is 7. The number of rotatable bonds is 11. The predicted molar refractivity (Wildman–Crippen MR) is 213 cm³/mol. The van der Waals surface area contributed by atoms with E-state index in [0.717, 1.165) is 78.0 Å².